The van der Waals surface area contributed by atoms with Gasteiger partial charge in [0.05, 0.1) is 11.6 Å². The zero-order chi connectivity index (χ0) is 18.7. The summed E-state index contributed by atoms with van der Waals surface area (Å²) >= 11 is 0. The number of H-pyrrole nitrogens is 1. The van der Waals surface area contributed by atoms with Crippen molar-refractivity contribution in [3.05, 3.63) is 47.5 Å². The van der Waals surface area contributed by atoms with Gasteiger partial charge in [-0.15, -0.1) is 5.10 Å². The fourth-order valence-corrected chi connectivity index (χ4v) is 3.34. The molecule has 26 heavy (non-hydrogen) atoms. The minimum Gasteiger partial charge on any atom is -0.393 e. The number of aromatic amines is 1. The van der Waals surface area contributed by atoms with Crippen LogP contribution in [0.3, 0.4) is 0 Å². The van der Waals surface area contributed by atoms with E-state index in [0.717, 1.165) is 35.0 Å². The van der Waals surface area contributed by atoms with E-state index in [1.165, 1.54) is 11.1 Å². The van der Waals surface area contributed by atoms with Crippen LogP contribution in [-0.4, -0.2) is 26.6 Å². The molecule has 1 atom stereocenters. The van der Waals surface area contributed by atoms with Crippen molar-refractivity contribution in [1.82, 2.24) is 15.4 Å². The van der Waals surface area contributed by atoms with Gasteiger partial charge in [0.1, 0.15) is 5.52 Å². The van der Waals surface area contributed by atoms with Crippen LogP contribution >= 0.6 is 0 Å². The number of aromatic nitrogens is 3. The number of nitrogens with zero attached hydrogens (tertiary/aromatic N) is 2. The van der Waals surface area contributed by atoms with Crippen molar-refractivity contribution in [3.63, 3.8) is 0 Å². The summed E-state index contributed by atoms with van der Waals surface area (Å²) in [5.41, 5.74) is 6.62. The minimum atomic E-state index is -0.356. The molecule has 0 saturated heterocycles. The second-order valence-corrected chi connectivity index (χ2v) is 7.90. The molecule has 1 aromatic heterocycles. The Morgan fingerprint density at radius 2 is 1.73 bits per heavy atom. The van der Waals surface area contributed by atoms with Gasteiger partial charge in [-0.3, -0.25) is 5.10 Å². The molecule has 0 radical (unpaired) electrons. The van der Waals surface area contributed by atoms with E-state index in [2.05, 4.69) is 67.4 Å². The lowest BCUT2D eigenvalue weighted by molar-refractivity contribution is 0.125. The Morgan fingerprint density at radius 1 is 1.00 bits per heavy atom. The molecule has 2 N–H and O–H groups in total. The maximum atomic E-state index is 10.6. The van der Waals surface area contributed by atoms with Gasteiger partial charge in [0.2, 0.25) is 0 Å². The summed E-state index contributed by atoms with van der Waals surface area (Å²) < 4.78 is 0. The van der Waals surface area contributed by atoms with Crippen molar-refractivity contribution < 1.29 is 5.11 Å². The number of benzene rings is 2. The topological polar surface area (TPSA) is 61.8 Å². The lowest BCUT2D eigenvalue weighted by Gasteiger charge is -2.21. The Bertz CT molecular complexity index is 867. The van der Waals surface area contributed by atoms with E-state index in [9.17, 15) is 5.11 Å². The van der Waals surface area contributed by atoms with Crippen LogP contribution < -0.4 is 0 Å². The van der Waals surface area contributed by atoms with Crippen molar-refractivity contribution in [2.24, 2.45) is 11.8 Å². The summed E-state index contributed by atoms with van der Waals surface area (Å²) in [6.45, 7) is 8.64. The fourth-order valence-electron chi connectivity index (χ4n) is 3.34. The lowest BCUT2D eigenvalue weighted by Crippen LogP contribution is -2.19. The smallest absolute Gasteiger partial charge is 0.120 e. The highest BCUT2D eigenvalue weighted by atomic mass is 16.3. The Labute approximate surface area is 155 Å². The minimum absolute atomic E-state index is 0.226. The predicted molar refractivity (Wildman–Crippen MR) is 107 cm³/mol. The van der Waals surface area contributed by atoms with Crippen molar-refractivity contribution in [3.8, 4) is 11.1 Å². The van der Waals surface area contributed by atoms with Gasteiger partial charge < -0.3 is 5.11 Å². The van der Waals surface area contributed by atoms with Gasteiger partial charge >= 0.3 is 0 Å². The molecule has 2 aromatic carbocycles. The number of nitrogens with one attached hydrogen (secondary N) is 1. The van der Waals surface area contributed by atoms with E-state index < -0.39 is 0 Å². The van der Waals surface area contributed by atoms with Crippen LogP contribution in [0.25, 0.3) is 22.2 Å². The molecule has 0 saturated carbocycles. The zero-order valence-electron chi connectivity index (χ0n) is 16.2. The van der Waals surface area contributed by atoms with E-state index in [1.54, 1.807) is 0 Å². The number of aliphatic hydroxyl groups excluding tert-OH is 1. The molecule has 0 aliphatic carbocycles. The average Bonchev–Trinajstić information content (AvgIpc) is 3.09. The van der Waals surface area contributed by atoms with Crippen LogP contribution in [0.15, 0.2) is 36.4 Å². The summed E-state index contributed by atoms with van der Waals surface area (Å²) in [6.07, 6.45) is 2.48. The monoisotopic (exact) mass is 351 g/mol. The van der Waals surface area contributed by atoms with Gasteiger partial charge in [-0.2, -0.15) is 0 Å². The second kappa shape index (κ2) is 8.00. The van der Waals surface area contributed by atoms with E-state index >= 15 is 0 Å². The third kappa shape index (κ3) is 3.96. The first-order chi connectivity index (χ1) is 12.5. The number of hydrogen-bond donors (Lipinski definition) is 2. The molecule has 0 fully saturated rings. The van der Waals surface area contributed by atoms with Crippen LogP contribution in [-0.2, 0) is 12.8 Å². The molecular weight excluding hydrogens is 322 g/mol. The number of fused-ring (bicyclic) bond motifs is 1. The highest BCUT2D eigenvalue weighted by molar-refractivity contribution is 5.92. The average molecular weight is 351 g/mol. The normalized spacial score (nSPS) is 13.0. The largest absolute Gasteiger partial charge is 0.393 e. The lowest BCUT2D eigenvalue weighted by atomic mass is 9.86. The Hall–Kier alpha value is -2.20. The van der Waals surface area contributed by atoms with Crippen LogP contribution in [0.5, 0.6) is 0 Å². The van der Waals surface area contributed by atoms with Crippen LogP contribution in [0.4, 0.5) is 0 Å². The molecule has 138 valence electrons. The summed E-state index contributed by atoms with van der Waals surface area (Å²) in [7, 11) is 0. The third-order valence-corrected chi connectivity index (χ3v) is 5.09. The highest BCUT2D eigenvalue weighted by Crippen LogP contribution is 2.33. The molecule has 0 aliphatic heterocycles. The molecule has 1 heterocycles. The first kappa shape index (κ1) is 18.6. The summed E-state index contributed by atoms with van der Waals surface area (Å²) in [5, 5.41) is 21.8. The summed E-state index contributed by atoms with van der Waals surface area (Å²) in [6, 6.07) is 12.6. The standard InChI is InChI=1S/C22H29N3O/c1-14(2)11-12-16-7-5-8-17(19(16)13-21(26)15(3)4)18-9-6-10-20-22(18)24-25-23-20/h5-10,14-15,21,26H,11-13H2,1-4H3,(H,23,24,25). The number of aryl methyl sites for hydroxylation is 1. The van der Waals surface area contributed by atoms with Gasteiger partial charge in [0.25, 0.3) is 0 Å². The quantitative estimate of drug-likeness (QED) is 0.644. The van der Waals surface area contributed by atoms with E-state index in [4.69, 9.17) is 0 Å². The Kier molecular flexibility index (Phi) is 5.72. The van der Waals surface area contributed by atoms with Gasteiger partial charge in [0, 0.05) is 5.56 Å². The third-order valence-electron chi connectivity index (χ3n) is 5.09. The van der Waals surface area contributed by atoms with Crippen molar-refractivity contribution in [2.75, 3.05) is 0 Å². The van der Waals surface area contributed by atoms with Crippen LogP contribution in [0.2, 0.25) is 0 Å². The molecule has 0 aliphatic rings. The van der Waals surface area contributed by atoms with Crippen LogP contribution in [0.1, 0.15) is 45.2 Å². The molecule has 0 amide bonds. The second-order valence-electron chi connectivity index (χ2n) is 7.90. The summed E-state index contributed by atoms with van der Waals surface area (Å²) in [5.74, 6) is 0.879. The predicted octanol–water partition coefficient (Wildman–Crippen LogP) is 4.77. The maximum Gasteiger partial charge on any atom is 0.120 e. The molecule has 0 bridgehead atoms. The molecular formula is C22H29N3O. The molecule has 1 unspecified atom stereocenters. The molecule has 4 heteroatoms. The van der Waals surface area contributed by atoms with Crippen LogP contribution in [0, 0.1) is 11.8 Å². The Morgan fingerprint density at radius 3 is 2.46 bits per heavy atom. The first-order valence-electron chi connectivity index (χ1n) is 9.56. The summed E-state index contributed by atoms with van der Waals surface area (Å²) in [4.78, 5) is 0. The highest BCUT2D eigenvalue weighted by Gasteiger charge is 2.18. The molecule has 3 rings (SSSR count). The van der Waals surface area contributed by atoms with Crippen molar-refractivity contribution in [2.45, 2.75) is 53.1 Å². The first-order valence-corrected chi connectivity index (χ1v) is 9.56. The molecule has 3 aromatic rings. The van der Waals surface area contributed by atoms with Gasteiger partial charge in [-0.25, -0.2) is 0 Å². The van der Waals surface area contributed by atoms with E-state index in [0.29, 0.717) is 12.3 Å². The van der Waals surface area contributed by atoms with Crippen molar-refractivity contribution >= 4 is 11.0 Å². The Balaban J connectivity index is 2.11. The number of hydrogen-bond acceptors (Lipinski definition) is 3. The maximum absolute atomic E-state index is 10.6. The van der Waals surface area contributed by atoms with E-state index in [1.807, 2.05) is 12.1 Å². The molecule has 4 nitrogen and oxygen atoms in total. The fraction of sp³-hybridized carbons (Fsp3) is 0.455. The zero-order valence-corrected chi connectivity index (χ0v) is 16.2. The number of aliphatic hydroxyl groups is 1. The molecule has 0 spiro atoms. The van der Waals surface area contributed by atoms with Gasteiger partial charge in [-0.05, 0) is 53.9 Å². The van der Waals surface area contributed by atoms with Gasteiger partial charge in [0.15, 0.2) is 0 Å². The van der Waals surface area contributed by atoms with Gasteiger partial charge in [-0.1, -0.05) is 63.2 Å². The number of rotatable bonds is 7. The van der Waals surface area contributed by atoms with E-state index in [-0.39, 0.29) is 12.0 Å². The SMILES string of the molecule is CC(C)CCc1cccc(-c2cccc3[nH]nnc23)c1CC(O)C(C)C. The van der Waals surface area contributed by atoms with Crippen molar-refractivity contribution in [1.29, 1.82) is 0 Å².